The summed E-state index contributed by atoms with van der Waals surface area (Å²) in [6.45, 7) is 1.51. The van der Waals surface area contributed by atoms with E-state index in [1.807, 2.05) is 0 Å². The molecule has 0 spiro atoms. The average Bonchev–Trinajstić information content (AvgIpc) is 2.27. The number of ether oxygens (including phenoxy) is 2. The van der Waals surface area contributed by atoms with Crippen molar-refractivity contribution in [3.05, 3.63) is 26.8 Å². The summed E-state index contributed by atoms with van der Waals surface area (Å²) in [7, 11) is 0. The van der Waals surface area contributed by atoms with Gasteiger partial charge in [0.05, 0.1) is 12.2 Å². The Hall–Kier alpha value is -1.50. The lowest BCUT2D eigenvalue weighted by Gasteiger charge is -2.13. The van der Waals surface area contributed by atoms with Crippen LogP contribution in [0.1, 0.15) is 22.8 Å². The third-order valence-corrected chi connectivity index (χ3v) is 2.80. The fourth-order valence-electron chi connectivity index (χ4n) is 1.22. The molecule has 102 valence electrons. The van der Waals surface area contributed by atoms with E-state index in [1.165, 1.54) is 6.92 Å². The Morgan fingerprint density at radius 1 is 1.47 bits per heavy atom. The Labute approximate surface area is 120 Å². The molecule has 0 fully saturated rings. The van der Waals surface area contributed by atoms with Crippen molar-refractivity contribution in [3.8, 4) is 11.8 Å². The Morgan fingerprint density at radius 2 is 2.11 bits per heavy atom. The van der Waals surface area contributed by atoms with Gasteiger partial charge in [-0.05, 0) is 41.6 Å². The Kier molecular flexibility index (Phi) is 4.99. The highest BCUT2D eigenvalue weighted by atomic mass is 127. The van der Waals surface area contributed by atoms with Crippen LogP contribution in [0.25, 0.3) is 0 Å². The molecule has 0 unspecified atom stereocenters. The van der Waals surface area contributed by atoms with Gasteiger partial charge in [0.2, 0.25) is 0 Å². The van der Waals surface area contributed by atoms with E-state index < -0.39 is 23.6 Å². The van der Waals surface area contributed by atoms with Crippen LogP contribution in [0.4, 0.5) is 13.2 Å². The summed E-state index contributed by atoms with van der Waals surface area (Å²) in [5, 5.41) is 8.81. The fourth-order valence-corrected chi connectivity index (χ4v) is 1.78. The molecule has 1 aromatic rings. The predicted octanol–water partition coefficient (Wildman–Crippen LogP) is 3.24. The topological polar surface area (TPSA) is 59.3 Å². The number of benzene rings is 1. The zero-order chi connectivity index (χ0) is 14.6. The minimum absolute atomic E-state index is 0.00182. The van der Waals surface area contributed by atoms with Crippen LogP contribution in [-0.4, -0.2) is 18.9 Å². The van der Waals surface area contributed by atoms with Gasteiger partial charge in [0.1, 0.15) is 17.4 Å². The molecular weight excluding hydrogens is 378 g/mol. The molecule has 0 N–H and O–H groups in total. The summed E-state index contributed by atoms with van der Waals surface area (Å²) >= 11 is 1.68. The zero-order valence-corrected chi connectivity index (χ0v) is 11.7. The number of halogens is 4. The standard InChI is InChI=1S/C11H7F3INO3/c1-2-18-10(17)7-3-6(5-16)8(15)4-9(7)19-11(12,13)14/h3-4H,2H2,1H3. The number of esters is 1. The van der Waals surface area contributed by atoms with Gasteiger partial charge in [-0.1, -0.05) is 0 Å². The molecule has 0 amide bonds. The molecule has 0 aromatic heterocycles. The molecule has 0 heterocycles. The molecule has 1 rings (SSSR count). The van der Waals surface area contributed by atoms with Gasteiger partial charge in [-0.15, -0.1) is 13.2 Å². The summed E-state index contributed by atoms with van der Waals surface area (Å²) < 4.78 is 45.4. The molecular formula is C11H7F3INO3. The molecule has 4 nitrogen and oxygen atoms in total. The zero-order valence-electron chi connectivity index (χ0n) is 9.55. The number of hydrogen-bond donors (Lipinski definition) is 0. The molecule has 19 heavy (non-hydrogen) atoms. The van der Waals surface area contributed by atoms with Crippen molar-refractivity contribution in [2.45, 2.75) is 13.3 Å². The van der Waals surface area contributed by atoms with E-state index in [1.54, 1.807) is 28.7 Å². The molecule has 0 aliphatic rings. The van der Waals surface area contributed by atoms with Crippen LogP contribution in [0.2, 0.25) is 0 Å². The third-order valence-electron chi connectivity index (χ3n) is 1.91. The highest BCUT2D eigenvalue weighted by molar-refractivity contribution is 14.1. The van der Waals surface area contributed by atoms with Gasteiger partial charge in [-0.25, -0.2) is 4.79 Å². The van der Waals surface area contributed by atoms with E-state index in [0.29, 0.717) is 0 Å². The summed E-state index contributed by atoms with van der Waals surface area (Å²) in [4.78, 5) is 11.5. The lowest BCUT2D eigenvalue weighted by Crippen LogP contribution is -2.20. The number of nitriles is 1. The van der Waals surface area contributed by atoms with Crippen molar-refractivity contribution in [2.75, 3.05) is 6.61 Å². The summed E-state index contributed by atoms with van der Waals surface area (Å²) in [5.74, 6) is -1.66. The van der Waals surface area contributed by atoms with Gasteiger partial charge >= 0.3 is 12.3 Å². The molecule has 0 saturated carbocycles. The van der Waals surface area contributed by atoms with Crippen molar-refractivity contribution in [2.24, 2.45) is 0 Å². The van der Waals surface area contributed by atoms with Crippen LogP contribution in [0.5, 0.6) is 5.75 Å². The largest absolute Gasteiger partial charge is 0.573 e. The van der Waals surface area contributed by atoms with Crippen LogP contribution in [0.3, 0.4) is 0 Å². The Balaban J connectivity index is 3.31. The van der Waals surface area contributed by atoms with Gasteiger partial charge in [0, 0.05) is 3.57 Å². The number of rotatable bonds is 3. The summed E-state index contributed by atoms with van der Waals surface area (Å²) in [6.07, 6.45) is -4.93. The van der Waals surface area contributed by atoms with Crippen LogP contribution in [0.15, 0.2) is 12.1 Å². The van der Waals surface area contributed by atoms with Crippen molar-refractivity contribution in [3.63, 3.8) is 0 Å². The van der Waals surface area contributed by atoms with Crippen LogP contribution in [-0.2, 0) is 4.74 Å². The van der Waals surface area contributed by atoms with Crippen LogP contribution in [0, 0.1) is 14.9 Å². The van der Waals surface area contributed by atoms with Crippen LogP contribution >= 0.6 is 22.6 Å². The molecule has 0 atom stereocenters. The third kappa shape index (κ3) is 4.27. The predicted molar refractivity (Wildman–Crippen MR) is 66.5 cm³/mol. The van der Waals surface area contributed by atoms with Crippen molar-refractivity contribution >= 4 is 28.6 Å². The molecule has 0 radical (unpaired) electrons. The van der Waals surface area contributed by atoms with Gasteiger partial charge in [-0.3, -0.25) is 0 Å². The van der Waals surface area contributed by atoms with E-state index in [4.69, 9.17) is 5.26 Å². The molecule has 0 saturated heterocycles. The smallest absolute Gasteiger partial charge is 0.462 e. The number of carbonyl (C=O) groups is 1. The first-order valence-corrected chi connectivity index (χ1v) is 6.03. The second-order valence-corrected chi connectivity index (χ2v) is 4.37. The highest BCUT2D eigenvalue weighted by Crippen LogP contribution is 2.30. The van der Waals surface area contributed by atoms with E-state index in [0.717, 1.165) is 12.1 Å². The normalized spacial score (nSPS) is 10.7. The van der Waals surface area contributed by atoms with Gasteiger partial charge in [0.25, 0.3) is 0 Å². The second-order valence-electron chi connectivity index (χ2n) is 3.21. The maximum absolute atomic E-state index is 12.2. The summed E-state index contributed by atoms with van der Waals surface area (Å²) in [6, 6.07) is 3.76. The lowest BCUT2D eigenvalue weighted by molar-refractivity contribution is -0.274. The Morgan fingerprint density at radius 3 is 2.58 bits per heavy atom. The molecule has 0 aliphatic heterocycles. The monoisotopic (exact) mass is 385 g/mol. The first-order valence-electron chi connectivity index (χ1n) is 4.95. The number of alkyl halides is 3. The molecule has 8 heteroatoms. The maximum atomic E-state index is 12.2. The number of hydrogen-bond acceptors (Lipinski definition) is 4. The van der Waals surface area contributed by atoms with E-state index in [2.05, 4.69) is 9.47 Å². The van der Waals surface area contributed by atoms with Gasteiger partial charge in [-0.2, -0.15) is 5.26 Å². The van der Waals surface area contributed by atoms with Crippen molar-refractivity contribution in [1.82, 2.24) is 0 Å². The quantitative estimate of drug-likeness (QED) is 0.592. The van der Waals surface area contributed by atoms with E-state index in [-0.39, 0.29) is 15.7 Å². The van der Waals surface area contributed by atoms with E-state index in [9.17, 15) is 18.0 Å². The van der Waals surface area contributed by atoms with E-state index >= 15 is 0 Å². The second kappa shape index (κ2) is 6.10. The number of carbonyl (C=O) groups excluding carboxylic acids is 1. The van der Waals surface area contributed by atoms with Gasteiger partial charge in [0.15, 0.2) is 0 Å². The minimum atomic E-state index is -4.93. The SMILES string of the molecule is CCOC(=O)c1cc(C#N)c(I)cc1OC(F)(F)F. The Bertz CT molecular complexity index is 537. The lowest BCUT2D eigenvalue weighted by atomic mass is 10.1. The molecule has 0 aliphatic carbocycles. The first-order chi connectivity index (χ1) is 8.78. The fraction of sp³-hybridized carbons (Fsp3) is 0.273. The summed E-state index contributed by atoms with van der Waals surface area (Å²) in [5.41, 5.74) is -0.366. The molecule has 1 aromatic carbocycles. The average molecular weight is 385 g/mol. The first kappa shape index (κ1) is 15.6. The van der Waals surface area contributed by atoms with Crippen molar-refractivity contribution < 1.29 is 27.4 Å². The maximum Gasteiger partial charge on any atom is 0.573 e. The number of nitrogens with zero attached hydrogens (tertiary/aromatic N) is 1. The van der Waals surface area contributed by atoms with Crippen LogP contribution < -0.4 is 4.74 Å². The minimum Gasteiger partial charge on any atom is -0.462 e. The van der Waals surface area contributed by atoms with Gasteiger partial charge < -0.3 is 9.47 Å². The van der Waals surface area contributed by atoms with Crippen molar-refractivity contribution in [1.29, 1.82) is 5.26 Å². The molecule has 0 bridgehead atoms. The highest BCUT2D eigenvalue weighted by Gasteiger charge is 2.33.